The first-order valence-corrected chi connectivity index (χ1v) is 8.76. The molecule has 2 atom stereocenters. The summed E-state index contributed by atoms with van der Waals surface area (Å²) in [6, 6.07) is 0.844. The van der Waals surface area contributed by atoms with E-state index in [4.69, 9.17) is 4.74 Å². The molecule has 0 bridgehead atoms. The maximum Gasteiger partial charge on any atom is 0.326 e. The highest BCUT2D eigenvalue weighted by atomic mass is 16.5. The van der Waals surface area contributed by atoms with E-state index in [1.165, 1.54) is 38.8 Å². The van der Waals surface area contributed by atoms with Crippen molar-refractivity contribution < 1.29 is 9.53 Å². The van der Waals surface area contributed by atoms with Gasteiger partial charge in [0.1, 0.15) is 5.54 Å². The van der Waals surface area contributed by atoms with Crippen molar-refractivity contribution >= 4 is 5.97 Å². The summed E-state index contributed by atoms with van der Waals surface area (Å²) in [6.45, 7) is 8.98. The van der Waals surface area contributed by atoms with Gasteiger partial charge in [-0.3, -0.25) is 10.1 Å². The second-order valence-corrected chi connectivity index (χ2v) is 6.95. The van der Waals surface area contributed by atoms with Crippen LogP contribution < -0.4 is 5.32 Å². The standard InChI is InChI=1S/C17H32N2O2/c1-4-21-16(20)17(18-14(2)3)10-9-15(13-17)19-11-7-5-6-8-12-19/h14-15,18H,4-13H2,1-3H3. The van der Waals surface area contributed by atoms with Crippen molar-refractivity contribution in [1.29, 1.82) is 0 Å². The lowest BCUT2D eigenvalue weighted by Crippen LogP contribution is -2.54. The molecule has 21 heavy (non-hydrogen) atoms. The van der Waals surface area contributed by atoms with E-state index in [-0.39, 0.29) is 5.97 Å². The summed E-state index contributed by atoms with van der Waals surface area (Å²) in [5, 5.41) is 3.52. The molecule has 2 aliphatic rings. The third-order valence-corrected chi connectivity index (χ3v) is 4.88. The molecular formula is C17H32N2O2. The molecule has 0 amide bonds. The average Bonchev–Trinajstić information content (AvgIpc) is 2.69. The fraction of sp³-hybridized carbons (Fsp3) is 0.941. The summed E-state index contributed by atoms with van der Waals surface area (Å²) in [5.74, 6) is -0.0454. The van der Waals surface area contributed by atoms with Crippen LogP contribution in [0.2, 0.25) is 0 Å². The Labute approximate surface area is 129 Å². The molecule has 0 aromatic rings. The van der Waals surface area contributed by atoms with E-state index in [1.807, 2.05) is 6.92 Å². The lowest BCUT2D eigenvalue weighted by atomic mass is 9.96. The van der Waals surface area contributed by atoms with Gasteiger partial charge >= 0.3 is 5.97 Å². The first-order chi connectivity index (χ1) is 10.1. The third-order valence-electron chi connectivity index (χ3n) is 4.88. The van der Waals surface area contributed by atoms with Crippen LogP contribution in [0.5, 0.6) is 0 Å². The number of carbonyl (C=O) groups excluding carboxylic acids is 1. The number of nitrogens with one attached hydrogen (secondary N) is 1. The highest BCUT2D eigenvalue weighted by Crippen LogP contribution is 2.35. The molecule has 0 aromatic heterocycles. The highest BCUT2D eigenvalue weighted by Gasteiger charge is 2.48. The molecule has 4 nitrogen and oxygen atoms in total. The number of ether oxygens (including phenoxy) is 1. The van der Waals surface area contributed by atoms with Gasteiger partial charge in [0.25, 0.3) is 0 Å². The SMILES string of the molecule is CCOC(=O)C1(NC(C)C)CCC(N2CCCCCC2)C1. The van der Waals surface area contributed by atoms with Crippen molar-refractivity contribution in [1.82, 2.24) is 10.2 Å². The van der Waals surface area contributed by atoms with E-state index in [1.54, 1.807) is 0 Å². The van der Waals surface area contributed by atoms with Crippen LogP contribution in [0.25, 0.3) is 0 Å². The average molecular weight is 296 g/mol. The summed E-state index contributed by atoms with van der Waals surface area (Å²) < 4.78 is 5.37. The van der Waals surface area contributed by atoms with E-state index in [9.17, 15) is 4.79 Å². The van der Waals surface area contributed by atoms with Crippen molar-refractivity contribution in [3.05, 3.63) is 0 Å². The van der Waals surface area contributed by atoms with Crippen LogP contribution >= 0.6 is 0 Å². The molecule has 2 fully saturated rings. The molecule has 1 saturated heterocycles. The van der Waals surface area contributed by atoms with Crippen LogP contribution in [0.15, 0.2) is 0 Å². The molecule has 2 unspecified atom stereocenters. The van der Waals surface area contributed by atoms with Crippen LogP contribution in [-0.4, -0.2) is 48.2 Å². The van der Waals surface area contributed by atoms with Crippen LogP contribution in [-0.2, 0) is 9.53 Å². The summed E-state index contributed by atoms with van der Waals surface area (Å²) in [4.78, 5) is 15.1. The molecule has 1 aliphatic heterocycles. The van der Waals surface area contributed by atoms with E-state index in [0.717, 1.165) is 19.3 Å². The summed E-state index contributed by atoms with van der Waals surface area (Å²) in [6.07, 6.45) is 8.25. The van der Waals surface area contributed by atoms with Crippen molar-refractivity contribution in [2.24, 2.45) is 0 Å². The van der Waals surface area contributed by atoms with E-state index in [2.05, 4.69) is 24.1 Å². The number of hydrogen-bond donors (Lipinski definition) is 1. The van der Waals surface area contributed by atoms with E-state index >= 15 is 0 Å². The number of nitrogens with zero attached hydrogens (tertiary/aromatic N) is 1. The molecule has 1 aliphatic carbocycles. The fourth-order valence-electron chi connectivity index (χ4n) is 3.99. The Morgan fingerprint density at radius 1 is 1.29 bits per heavy atom. The summed E-state index contributed by atoms with van der Waals surface area (Å²) >= 11 is 0. The predicted octanol–water partition coefficient (Wildman–Crippen LogP) is 2.71. The molecule has 122 valence electrons. The van der Waals surface area contributed by atoms with Crippen LogP contribution in [0, 0.1) is 0 Å². The minimum Gasteiger partial charge on any atom is -0.465 e. The predicted molar refractivity (Wildman–Crippen MR) is 85.3 cm³/mol. The molecule has 4 heteroatoms. The van der Waals surface area contributed by atoms with Gasteiger partial charge in [0, 0.05) is 12.1 Å². The van der Waals surface area contributed by atoms with Crippen molar-refractivity contribution in [3.8, 4) is 0 Å². The van der Waals surface area contributed by atoms with Crippen LogP contribution in [0.1, 0.15) is 65.7 Å². The van der Waals surface area contributed by atoms with Gasteiger partial charge in [-0.15, -0.1) is 0 Å². The monoisotopic (exact) mass is 296 g/mol. The van der Waals surface area contributed by atoms with Crippen LogP contribution in [0.4, 0.5) is 0 Å². The number of hydrogen-bond acceptors (Lipinski definition) is 4. The Balaban J connectivity index is 2.04. The minimum atomic E-state index is -0.457. The number of esters is 1. The van der Waals surface area contributed by atoms with Gasteiger partial charge in [-0.25, -0.2) is 0 Å². The lowest BCUT2D eigenvalue weighted by molar-refractivity contribution is -0.151. The zero-order chi connectivity index (χ0) is 15.3. The van der Waals surface area contributed by atoms with Crippen molar-refractivity contribution in [2.45, 2.75) is 83.3 Å². The van der Waals surface area contributed by atoms with Gasteiger partial charge in [0.2, 0.25) is 0 Å². The Morgan fingerprint density at radius 2 is 1.95 bits per heavy atom. The van der Waals surface area contributed by atoms with Gasteiger partial charge in [0.15, 0.2) is 0 Å². The van der Waals surface area contributed by atoms with Gasteiger partial charge in [-0.05, 0) is 66.0 Å². The molecule has 0 spiro atoms. The smallest absolute Gasteiger partial charge is 0.326 e. The second kappa shape index (κ2) is 7.59. The first-order valence-electron chi connectivity index (χ1n) is 8.76. The first kappa shape index (κ1) is 16.8. The topological polar surface area (TPSA) is 41.6 Å². The van der Waals surface area contributed by atoms with E-state index < -0.39 is 5.54 Å². The van der Waals surface area contributed by atoms with Crippen LogP contribution in [0.3, 0.4) is 0 Å². The van der Waals surface area contributed by atoms with Crippen molar-refractivity contribution in [3.63, 3.8) is 0 Å². The molecule has 0 aromatic carbocycles. The largest absolute Gasteiger partial charge is 0.465 e. The van der Waals surface area contributed by atoms with Gasteiger partial charge in [-0.2, -0.15) is 0 Å². The lowest BCUT2D eigenvalue weighted by Gasteiger charge is -2.33. The van der Waals surface area contributed by atoms with E-state index in [0.29, 0.717) is 18.7 Å². The highest BCUT2D eigenvalue weighted by molar-refractivity contribution is 5.81. The molecule has 1 saturated carbocycles. The molecular weight excluding hydrogens is 264 g/mol. The molecule has 1 heterocycles. The molecule has 2 rings (SSSR count). The number of carbonyl (C=O) groups is 1. The Morgan fingerprint density at radius 3 is 2.52 bits per heavy atom. The maximum absolute atomic E-state index is 12.5. The van der Waals surface area contributed by atoms with Gasteiger partial charge in [-0.1, -0.05) is 12.8 Å². The Kier molecular flexibility index (Phi) is 6.06. The number of rotatable bonds is 5. The Hall–Kier alpha value is -0.610. The summed E-state index contributed by atoms with van der Waals surface area (Å²) in [5.41, 5.74) is -0.457. The fourth-order valence-corrected chi connectivity index (χ4v) is 3.99. The number of likely N-dealkylation sites (tertiary alicyclic amines) is 1. The normalized spacial score (nSPS) is 31.3. The van der Waals surface area contributed by atoms with Gasteiger partial charge < -0.3 is 9.64 Å². The third kappa shape index (κ3) is 4.19. The zero-order valence-corrected chi connectivity index (χ0v) is 14.0. The van der Waals surface area contributed by atoms with Crippen molar-refractivity contribution in [2.75, 3.05) is 19.7 Å². The Bertz CT molecular complexity index is 338. The quantitative estimate of drug-likeness (QED) is 0.792. The minimum absolute atomic E-state index is 0.0454. The summed E-state index contributed by atoms with van der Waals surface area (Å²) in [7, 11) is 0. The molecule has 0 radical (unpaired) electrons. The maximum atomic E-state index is 12.5. The van der Waals surface area contributed by atoms with Gasteiger partial charge in [0.05, 0.1) is 6.61 Å². The zero-order valence-electron chi connectivity index (χ0n) is 14.0. The molecule has 1 N–H and O–H groups in total. The second-order valence-electron chi connectivity index (χ2n) is 6.95.